The fourth-order valence-corrected chi connectivity index (χ4v) is 2.30. The van der Waals surface area contributed by atoms with E-state index in [1.54, 1.807) is 24.3 Å². The minimum atomic E-state index is -1.26. The van der Waals surface area contributed by atoms with E-state index in [2.05, 4.69) is 9.97 Å². The molecule has 8 heteroatoms. The predicted octanol–water partition coefficient (Wildman–Crippen LogP) is 2.20. The van der Waals surface area contributed by atoms with Gasteiger partial charge in [-0.1, -0.05) is 0 Å². The van der Waals surface area contributed by atoms with Gasteiger partial charge < -0.3 is 20.7 Å². The van der Waals surface area contributed by atoms with Crippen LogP contribution in [0.5, 0.6) is 11.5 Å². The van der Waals surface area contributed by atoms with E-state index in [-0.39, 0.29) is 23.0 Å². The smallest absolute Gasteiger partial charge is 0.267 e. The number of hydrogen-bond acceptors (Lipinski definition) is 6. The Labute approximate surface area is 153 Å². The summed E-state index contributed by atoms with van der Waals surface area (Å²) in [5, 5.41) is 18.9. The molecular formula is C19H16FN3O4. The first-order chi connectivity index (χ1) is 13.0. The zero-order valence-corrected chi connectivity index (χ0v) is 14.0. The maximum Gasteiger partial charge on any atom is 0.267 e. The van der Waals surface area contributed by atoms with Crippen molar-refractivity contribution < 1.29 is 24.1 Å². The first-order valence-electron chi connectivity index (χ1n) is 7.98. The number of nitrogens with two attached hydrogens (primary N) is 1. The Balaban J connectivity index is 1.88. The summed E-state index contributed by atoms with van der Waals surface area (Å²) in [5.74, 6) is 0.0185. The predicted molar refractivity (Wildman–Crippen MR) is 94.5 cm³/mol. The van der Waals surface area contributed by atoms with Gasteiger partial charge in [-0.3, -0.25) is 4.79 Å². The number of benzene rings is 2. The maximum absolute atomic E-state index is 12.9. The van der Waals surface area contributed by atoms with Crippen LogP contribution in [-0.4, -0.2) is 32.7 Å². The highest BCUT2D eigenvalue weighted by molar-refractivity contribution is 5.91. The number of ether oxygens (including phenoxy) is 1. The van der Waals surface area contributed by atoms with Gasteiger partial charge in [-0.2, -0.15) is 0 Å². The van der Waals surface area contributed by atoms with Crippen molar-refractivity contribution in [1.29, 1.82) is 0 Å². The van der Waals surface area contributed by atoms with Crippen molar-refractivity contribution in [3.63, 3.8) is 0 Å². The molecule has 1 aromatic heterocycles. The Bertz CT molecular complexity index is 946. The Morgan fingerprint density at radius 3 is 2.22 bits per heavy atom. The van der Waals surface area contributed by atoms with Gasteiger partial charge in [0.2, 0.25) is 0 Å². The van der Waals surface area contributed by atoms with Crippen molar-refractivity contribution in [3.8, 4) is 22.9 Å². The molecule has 0 aliphatic heterocycles. The summed E-state index contributed by atoms with van der Waals surface area (Å²) in [4.78, 5) is 19.7. The quantitative estimate of drug-likeness (QED) is 0.613. The van der Waals surface area contributed by atoms with Gasteiger partial charge >= 0.3 is 0 Å². The molecule has 0 aliphatic rings. The minimum absolute atomic E-state index is 0.0749. The normalized spacial score (nSPS) is 11.8. The van der Waals surface area contributed by atoms with Crippen molar-refractivity contribution >= 4 is 5.91 Å². The zero-order chi connectivity index (χ0) is 19.4. The molecule has 0 spiro atoms. The van der Waals surface area contributed by atoms with Gasteiger partial charge in [-0.05, 0) is 54.6 Å². The number of nitrogens with zero attached hydrogens (tertiary/aromatic N) is 2. The molecule has 0 aliphatic carbocycles. The molecule has 1 amide bonds. The summed E-state index contributed by atoms with van der Waals surface area (Å²) in [6.07, 6.45) is -1.26. The van der Waals surface area contributed by atoms with E-state index in [1.807, 2.05) is 0 Å². The van der Waals surface area contributed by atoms with Crippen molar-refractivity contribution in [2.45, 2.75) is 6.10 Å². The fraction of sp³-hybridized carbons (Fsp3) is 0.105. The minimum Gasteiger partial charge on any atom is -0.457 e. The number of rotatable bonds is 6. The Kier molecular flexibility index (Phi) is 5.39. The number of aromatic nitrogens is 2. The second kappa shape index (κ2) is 7.90. The van der Waals surface area contributed by atoms with Crippen molar-refractivity contribution in [2.75, 3.05) is 6.61 Å². The topological polar surface area (TPSA) is 119 Å². The summed E-state index contributed by atoms with van der Waals surface area (Å²) in [5.41, 5.74) is 5.83. The van der Waals surface area contributed by atoms with E-state index in [4.69, 9.17) is 15.6 Å². The lowest BCUT2D eigenvalue weighted by Crippen LogP contribution is -2.16. The lowest BCUT2D eigenvalue weighted by molar-refractivity contribution is 0.0916. The van der Waals surface area contributed by atoms with Crippen LogP contribution >= 0.6 is 0 Å². The number of carbonyl (C=O) groups excluding carboxylic acids is 1. The largest absolute Gasteiger partial charge is 0.457 e. The Hall–Kier alpha value is -3.36. The van der Waals surface area contributed by atoms with Gasteiger partial charge in [-0.15, -0.1) is 0 Å². The average Bonchev–Trinajstić information content (AvgIpc) is 2.69. The van der Waals surface area contributed by atoms with E-state index < -0.39 is 18.6 Å². The molecule has 27 heavy (non-hydrogen) atoms. The molecule has 7 nitrogen and oxygen atoms in total. The van der Waals surface area contributed by atoms with Crippen LogP contribution in [0, 0.1) is 5.82 Å². The van der Waals surface area contributed by atoms with Crippen LogP contribution in [0.4, 0.5) is 4.39 Å². The van der Waals surface area contributed by atoms with Crippen LogP contribution in [-0.2, 0) is 0 Å². The van der Waals surface area contributed by atoms with Crippen LogP contribution in [0.2, 0.25) is 0 Å². The van der Waals surface area contributed by atoms with Gasteiger partial charge in [0.25, 0.3) is 5.91 Å². The number of amides is 1. The number of aliphatic hydroxyl groups excluding tert-OH is 2. The van der Waals surface area contributed by atoms with Gasteiger partial charge in [0.15, 0.2) is 5.82 Å². The third-order valence-corrected chi connectivity index (χ3v) is 3.67. The fourth-order valence-electron chi connectivity index (χ4n) is 2.30. The highest BCUT2D eigenvalue weighted by Gasteiger charge is 2.15. The lowest BCUT2D eigenvalue weighted by Gasteiger charge is -2.11. The monoisotopic (exact) mass is 369 g/mol. The number of halogens is 1. The molecule has 1 unspecified atom stereocenters. The molecule has 3 rings (SSSR count). The first kappa shape index (κ1) is 18.4. The molecule has 1 atom stereocenters. The second-order valence-electron chi connectivity index (χ2n) is 5.64. The van der Waals surface area contributed by atoms with Gasteiger partial charge in [0.1, 0.15) is 29.1 Å². The van der Waals surface area contributed by atoms with Crippen LogP contribution in [0.3, 0.4) is 0 Å². The van der Waals surface area contributed by atoms with E-state index in [0.29, 0.717) is 17.1 Å². The SMILES string of the molecule is NC(=O)c1cc(C(O)CO)nc(-c2ccc(Oc3ccc(F)cc3)cc2)n1. The second-order valence-corrected chi connectivity index (χ2v) is 5.64. The van der Waals surface area contributed by atoms with Gasteiger partial charge in [-0.25, -0.2) is 14.4 Å². The molecule has 2 aromatic carbocycles. The standard InChI is InChI=1S/C19H16FN3O4/c20-12-3-7-14(8-4-12)27-13-5-1-11(2-6-13)19-22-15(17(25)10-24)9-16(23-19)18(21)26/h1-9,17,24-25H,10H2,(H2,21,26). The van der Waals surface area contributed by atoms with E-state index in [0.717, 1.165) is 0 Å². The van der Waals surface area contributed by atoms with E-state index >= 15 is 0 Å². The highest BCUT2D eigenvalue weighted by Crippen LogP contribution is 2.25. The number of aliphatic hydroxyl groups is 2. The summed E-state index contributed by atoms with van der Waals surface area (Å²) < 4.78 is 18.5. The lowest BCUT2D eigenvalue weighted by atomic mass is 10.1. The number of hydrogen-bond donors (Lipinski definition) is 3. The molecular weight excluding hydrogens is 353 g/mol. The molecule has 0 fully saturated rings. The maximum atomic E-state index is 12.9. The molecule has 0 saturated carbocycles. The van der Waals surface area contributed by atoms with Crippen LogP contribution < -0.4 is 10.5 Å². The molecule has 0 radical (unpaired) electrons. The number of primary amides is 1. The molecule has 0 bridgehead atoms. The van der Waals surface area contributed by atoms with Crippen LogP contribution in [0.25, 0.3) is 11.4 Å². The first-order valence-corrected chi connectivity index (χ1v) is 7.98. The summed E-state index contributed by atoms with van der Waals surface area (Å²) in [6.45, 7) is -0.556. The van der Waals surface area contributed by atoms with Crippen molar-refractivity contribution in [3.05, 3.63) is 71.8 Å². The molecule has 0 saturated heterocycles. The molecule has 3 aromatic rings. The summed E-state index contributed by atoms with van der Waals surface area (Å²) >= 11 is 0. The third kappa shape index (κ3) is 4.43. The van der Waals surface area contributed by atoms with Crippen molar-refractivity contribution in [2.24, 2.45) is 5.73 Å². The van der Waals surface area contributed by atoms with Gasteiger partial charge in [0, 0.05) is 5.56 Å². The molecule has 4 N–H and O–H groups in total. The van der Waals surface area contributed by atoms with Crippen LogP contribution in [0.1, 0.15) is 22.3 Å². The van der Waals surface area contributed by atoms with Crippen LogP contribution in [0.15, 0.2) is 54.6 Å². The van der Waals surface area contributed by atoms with E-state index in [9.17, 15) is 14.3 Å². The Morgan fingerprint density at radius 2 is 1.67 bits per heavy atom. The highest BCUT2D eigenvalue weighted by atomic mass is 19.1. The third-order valence-electron chi connectivity index (χ3n) is 3.67. The van der Waals surface area contributed by atoms with Crippen molar-refractivity contribution in [1.82, 2.24) is 9.97 Å². The molecule has 1 heterocycles. The zero-order valence-electron chi connectivity index (χ0n) is 14.0. The number of carbonyl (C=O) groups is 1. The van der Waals surface area contributed by atoms with E-state index in [1.165, 1.54) is 30.3 Å². The Morgan fingerprint density at radius 1 is 1.07 bits per heavy atom. The van der Waals surface area contributed by atoms with Gasteiger partial charge in [0.05, 0.1) is 12.3 Å². The summed E-state index contributed by atoms with van der Waals surface area (Å²) in [6, 6.07) is 13.5. The average molecular weight is 369 g/mol. The summed E-state index contributed by atoms with van der Waals surface area (Å²) in [7, 11) is 0. The molecule has 138 valence electrons.